The molecule has 0 amide bonds. The van der Waals surface area contributed by atoms with Crippen molar-refractivity contribution in [1.82, 2.24) is 4.98 Å². The summed E-state index contributed by atoms with van der Waals surface area (Å²) in [5.41, 5.74) is 5.50. The molecule has 84 valence electrons. The van der Waals surface area contributed by atoms with Crippen molar-refractivity contribution in [2.24, 2.45) is 5.73 Å². The number of aromatic nitrogens is 1. The van der Waals surface area contributed by atoms with Crippen LogP contribution in [-0.4, -0.2) is 11.2 Å². The SMILES string of the molecule is NC(CCC(F)(F)F)c1ccncc1F. The van der Waals surface area contributed by atoms with E-state index in [2.05, 4.69) is 4.98 Å². The number of alkyl halides is 3. The van der Waals surface area contributed by atoms with Gasteiger partial charge in [-0.1, -0.05) is 0 Å². The molecule has 1 heterocycles. The lowest BCUT2D eigenvalue weighted by Crippen LogP contribution is -2.16. The van der Waals surface area contributed by atoms with E-state index in [-0.39, 0.29) is 12.0 Å². The minimum absolute atomic E-state index is 0.0641. The van der Waals surface area contributed by atoms with Gasteiger partial charge in [0.05, 0.1) is 6.20 Å². The number of nitrogens with two attached hydrogens (primary N) is 1. The summed E-state index contributed by atoms with van der Waals surface area (Å²) in [6, 6.07) is 0.339. The second kappa shape index (κ2) is 4.57. The van der Waals surface area contributed by atoms with Crippen molar-refractivity contribution < 1.29 is 17.6 Å². The molecule has 0 saturated carbocycles. The molecule has 6 heteroatoms. The Morgan fingerprint density at radius 3 is 2.60 bits per heavy atom. The van der Waals surface area contributed by atoms with Crippen molar-refractivity contribution >= 4 is 0 Å². The number of halogens is 4. The van der Waals surface area contributed by atoms with E-state index in [1.165, 1.54) is 12.3 Å². The highest BCUT2D eigenvalue weighted by molar-refractivity contribution is 5.16. The van der Waals surface area contributed by atoms with Crippen LogP contribution in [0.3, 0.4) is 0 Å². The Labute approximate surface area is 84.1 Å². The van der Waals surface area contributed by atoms with Crippen molar-refractivity contribution in [2.75, 3.05) is 0 Å². The summed E-state index contributed by atoms with van der Waals surface area (Å²) in [6.45, 7) is 0. The molecular formula is C9H10F4N2. The minimum Gasteiger partial charge on any atom is -0.324 e. The van der Waals surface area contributed by atoms with E-state index in [1.807, 2.05) is 0 Å². The molecule has 0 aliphatic heterocycles. The molecule has 0 aromatic carbocycles. The fourth-order valence-electron chi connectivity index (χ4n) is 1.16. The van der Waals surface area contributed by atoms with E-state index in [9.17, 15) is 17.6 Å². The first kappa shape index (κ1) is 11.9. The van der Waals surface area contributed by atoms with Gasteiger partial charge in [0.15, 0.2) is 0 Å². The Hall–Kier alpha value is -1.17. The zero-order valence-electron chi connectivity index (χ0n) is 7.76. The van der Waals surface area contributed by atoms with Crippen LogP contribution < -0.4 is 5.73 Å². The predicted octanol–water partition coefficient (Wildman–Crippen LogP) is 2.56. The average molecular weight is 222 g/mol. The van der Waals surface area contributed by atoms with Crippen LogP contribution in [0, 0.1) is 5.82 Å². The Kier molecular flexibility index (Phi) is 3.62. The van der Waals surface area contributed by atoms with E-state index in [0.717, 1.165) is 6.20 Å². The van der Waals surface area contributed by atoms with Crippen molar-refractivity contribution in [3.05, 3.63) is 29.8 Å². The maximum atomic E-state index is 13.0. The second-order valence-corrected chi connectivity index (χ2v) is 3.16. The van der Waals surface area contributed by atoms with Gasteiger partial charge in [0.1, 0.15) is 5.82 Å². The summed E-state index contributed by atoms with van der Waals surface area (Å²) in [6.07, 6.45) is -3.38. The minimum atomic E-state index is -4.26. The van der Waals surface area contributed by atoms with Crippen LogP contribution in [0.4, 0.5) is 17.6 Å². The van der Waals surface area contributed by atoms with Crippen LogP contribution >= 0.6 is 0 Å². The number of nitrogens with zero attached hydrogens (tertiary/aromatic N) is 1. The molecule has 0 aliphatic rings. The third-order valence-electron chi connectivity index (χ3n) is 1.94. The van der Waals surface area contributed by atoms with Crippen LogP contribution in [0.5, 0.6) is 0 Å². The van der Waals surface area contributed by atoms with Gasteiger partial charge in [0, 0.05) is 24.2 Å². The molecule has 1 unspecified atom stereocenters. The number of pyridine rings is 1. The van der Waals surface area contributed by atoms with E-state index in [0.29, 0.717) is 0 Å². The fraction of sp³-hybridized carbons (Fsp3) is 0.444. The largest absolute Gasteiger partial charge is 0.389 e. The molecule has 0 aliphatic carbocycles. The average Bonchev–Trinajstić information content (AvgIpc) is 2.14. The van der Waals surface area contributed by atoms with Crippen molar-refractivity contribution in [3.63, 3.8) is 0 Å². The van der Waals surface area contributed by atoms with Crippen LogP contribution in [0.25, 0.3) is 0 Å². The van der Waals surface area contributed by atoms with Crippen LogP contribution in [-0.2, 0) is 0 Å². The molecule has 0 bridgehead atoms. The number of hydrogen-bond donors (Lipinski definition) is 1. The smallest absolute Gasteiger partial charge is 0.324 e. The van der Waals surface area contributed by atoms with Gasteiger partial charge < -0.3 is 5.73 Å². The fourth-order valence-corrected chi connectivity index (χ4v) is 1.16. The molecule has 1 atom stereocenters. The normalized spacial score (nSPS) is 13.9. The van der Waals surface area contributed by atoms with Crippen molar-refractivity contribution in [1.29, 1.82) is 0 Å². The summed E-state index contributed by atoms with van der Waals surface area (Å²) in [4.78, 5) is 3.48. The number of rotatable bonds is 3. The van der Waals surface area contributed by atoms with Gasteiger partial charge in [-0.25, -0.2) is 4.39 Å². The molecule has 1 aromatic rings. The Morgan fingerprint density at radius 2 is 2.07 bits per heavy atom. The van der Waals surface area contributed by atoms with Gasteiger partial charge in [0.2, 0.25) is 0 Å². The molecule has 0 fully saturated rings. The standard InChI is InChI=1S/C9H10F4N2/c10-7-5-15-4-2-6(7)8(14)1-3-9(11,12)13/h2,4-5,8H,1,3,14H2. The second-order valence-electron chi connectivity index (χ2n) is 3.16. The Morgan fingerprint density at radius 1 is 1.40 bits per heavy atom. The zero-order valence-corrected chi connectivity index (χ0v) is 7.76. The first-order chi connectivity index (χ1) is 6.90. The summed E-state index contributed by atoms with van der Waals surface area (Å²) in [5.74, 6) is -0.674. The molecule has 0 saturated heterocycles. The van der Waals surface area contributed by atoms with Gasteiger partial charge in [-0.15, -0.1) is 0 Å². The lowest BCUT2D eigenvalue weighted by atomic mass is 10.0. The number of hydrogen-bond acceptors (Lipinski definition) is 2. The summed E-state index contributed by atoms with van der Waals surface area (Å²) in [7, 11) is 0. The maximum absolute atomic E-state index is 13.0. The van der Waals surface area contributed by atoms with Crippen LogP contribution in [0.15, 0.2) is 18.5 Å². The van der Waals surface area contributed by atoms with Crippen molar-refractivity contribution in [3.8, 4) is 0 Å². The molecule has 2 N–H and O–H groups in total. The highest BCUT2D eigenvalue weighted by Crippen LogP contribution is 2.26. The quantitative estimate of drug-likeness (QED) is 0.798. The summed E-state index contributed by atoms with van der Waals surface area (Å²) >= 11 is 0. The van der Waals surface area contributed by atoms with Crippen LogP contribution in [0.1, 0.15) is 24.4 Å². The lowest BCUT2D eigenvalue weighted by molar-refractivity contribution is -0.136. The van der Waals surface area contributed by atoms with E-state index < -0.39 is 24.5 Å². The van der Waals surface area contributed by atoms with E-state index in [1.54, 1.807) is 0 Å². The topological polar surface area (TPSA) is 38.9 Å². The molecule has 1 rings (SSSR count). The molecule has 0 radical (unpaired) electrons. The predicted molar refractivity (Wildman–Crippen MR) is 46.4 cm³/mol. The van der Waals surface area contributed by atoms with Gasteiger partial charge in [-0.05, 0) is 12.5 Å². The molecular weight excluding hydrogens is 212 g/mol. The molecule has 0 spiro atoms. The third kappa shape index (κ3) is 3.83. The lowest BCUT2D eigenvalue weighted by Gasteiger charge is -2.13. The van der Waals surface area contributed by atoms with Gasteiger partial charge in [-0.3, -0.25) is 4.98 Å². The van der Waals surface area contributed by atoms with Crippen LogP contribution in [0.2, 0.25) is 0 Å². The first-order valence-electron chi connectivity index (χ1n) is 4.32. The van der Waals surface area contributed by atoms with Gasteiger partial charge >= 0.3 is 6.18 Å². The van der Waals surface area contributed by atoms with E-state index in [4.69, 9.17) is 5.73 Å². The maximum Gasteiger partial charge on any atom is 0.389 e. The van der Waals surface area contributed by atoms with E-state index >= 15 is 0 Å². The monoisotopic (exact) mass is 222 g/mol. The Balaban J connectivity index is 2.62. The third-order valence-corrected chi connectivity index (χ3v) is 1.94. The Bertz CT molecular complexity index is 324. The molecule has 1 aromatic heterocycles. The van der Waals surface area contributed by atoms with Gasteiger partial charge in [0.25, 0.3) is 0 Å². The van der Waals surface area contributed by atoms with Crippen molar-refractivity contribution in [2.45, 2.75) is 25.1 Å². The molecule has 2 nitrogen and oxygen atoms in total. The molecule has 15 heavy (non-hydrogen) atoms. The summed E-state index contributed by atoms with van der Waals surface area (Å²) < 4.78 is 48.6. The van der Waals surface area contributed by atoms with Gasteiger partial charge in [-0.2, -0.15) is 13.2 Å². The highest BCUT2D eigenvalue weighted by atomic mass is 19.4. The highest BCUT2D eigenvalue weighted by Gasteiger charge is 2.28. The first-order valence-corrected chi connectivity index (χ1v) is 4.32. The summed E-state index contributed by atoms with van der Waals surface area (Å²) in [5, 5.41) is 0. The zero-order chi connectivity index (χ0) is 11.5.